The Morgan fingerprint density at radius 3 is 2.42 bits per heavy atom. The van der Waals surface area contributed by atoms with Gasteiger partial charge in [0, 0.05) is 0 Å². The Kier molecular flexibility index (Phi) is 2.83. The third-order valence-electron chi connectivity index (χ3n) is 2.33. The molecule has 0 aromatic heterocycles. The first-order valence-electron chi connectivity index (χ1n) is 4.14. The summed E-state index contributed by atoms with van der Waals surface area (Å²) in [5.41, 5.74) is 0.179. The largest absolute Gasteiger partial charge is 0.469 e. The molecule has 68 valence electrons. The third kappa shape index (κ3) is 2.55. The van der Waals surface area contributed by atoms with Gasteiger partial charge < -0.3 is 4.74 Å². The molecule has 1 aliphatic rings. The molecule has 0 unspecified atom stereocenters. The first kappa shape index (κ1) is 9.65. The molecular formula is C9H14O2S. The molecule has 1 aliphatic carbocycles. The molecule has 0 bridgehead atoms. The summed E-state index contributed by atoms with van der Waals surface area (Å²) in [6.45, 7) is 1.94. The van der Waals surface area contributed by atoms with Gasteiger partial charge in [-0.3, -0.25) is 4.79 Å². The van der Waals surface area contributed by atoms with Crippen molar-refractivity contribution in [1.82, 2.24) is 0 Å². The van der Waals surface area contributed by atoms with Crippen molar-refractivity contribution in [3.8, 4) is 0 Å². The van der Waals surface area contributed by atoms with Crippen LogP contribution in [0.4, 0.5) is 0 Å². The maximum atomic E-state index is 11.0. The van der Waals surface area contributed by atoms with Crippen molar-refractivity contribution in [2.45, 2.75) is 32.6 Å². The Morgan fingerprint density at radius 2 is 2.08 bits per heavy atom. The minimum atomic E-state index is -0.108. The van der Waals surface area contributed by atoms with E-state index in [1.54, 1.807) is 0 Å². The van der Waals surface area contributed by atoms with Gasteiger partial charge in [0.05, 0.1) is 13.5 Å². The maximum absolute atomic E-state index is 11.0. The van der Waals surface area contributed by atoms with E-state index in [9.17, 15) is 4.79 Å². The van der Waals surface area contributed by atoms with Crippen LogP contribution in [0.15, 0.2) is 0 Å². The Bertz CT molecular complexity index is 207. The van der Waals surface area contributed by atoms with Gasteiger partial charge in [0.25, 0.3) is 0 Å². The van der Waals surface area contributed by atoms with E-state index in [-0.39, 0.29) is 11.4 Å². The van der Waals surface area contributed by atoms with E-state index >= 15 is 0 Å². The Labute approximate surface area is 78.3 Å². The number of esters is 1. The molecule has 0 spiro atoms. The van der Waals surface area contributed by atoms with Crippen LogP contribution in [0.2, 0.25) is 0 Å². The van der Waals surface area contributed by atoms with Gasteiger partial charge in [-0.1, -0.05) is 12.2 Å². The molecule has 0 aromatic rings. The molecule has 0 amide bonds. The van der Waals surface area contributed by atoms with E-state index in [2.05, 4.69) is 4.74 Å². The van der Waals surface area contributed by atoms with Crippen LogP contribution in [0.5, 0.6) is 0 Å². The highest BCUT2D eigenvalue weighted by Gasteiger charge is 2.44. The molecule has 0 saturated heterocycles. The molecule has 0 N–H and O–H groups in total. The molecule has 0 aromatic carbocycles. The minimum Gasteiger partial charge on any atom is -0.469 e. The average Bonchev–Trinajstić information content (AvgIpc) is 2.67. The molecule has 2 nitrogen and oxygen atoms in total. The van der Waals surface area contributed by atoms with E-state index < -0.39 is 0 Å². The molecule has 0 aliphatic heterocycles. The van der Waals surface area contributed by atoms with Crippen molar-refractivity contribution < 1.29 is 9.53 Å². The first-order chi connectivity index (χ1) is 5.58. The number of thiocarbonyl (C=S) groups is 1. The summed E-state index contributed by atoms with van der Waals surface area (Å²) in [5.74, 6) is -0.108. The molecule has 12 heavy (non-hydrogen) atoms. The predicted molar refractivity (Wildman–Crippen MR) is 51.2 cm³/mol. The van der Waals surface area contributed by atoms with Gasteiger partial charge >= 0.3 is 5.97 Å². The van der Waals surface area contributed by atoms with E-state index in [1.807, 2.05) is 6.92 Å². The van der Waals surface area contributed by atoms with Gasteiger partial charge in [-0.05, 0) is 36.5 Å². The van der Waals surface area contributed by atoms with Crippen molar-refractivity contribution in [3.63, 3.8) is 0 Å². The SMILES string of the molecule is COC(=O)CC1(CC(C)=S)CC1. The number of carbonyl (C=O) groups is 1. The second-order valence-electron chi connectivity index (χ2n) is 3.63. The van der Waals surface area contributed by atoms with Crippen LogP contribution in [0.1, 0.15) is 32.6 Å². The summed E-state index contributed by atoms with van der Waals surface area (Å²) in [4.78, 5) is 12.0. The van der Waals surface area contributed by atoms with Crippen molar-refractivity contribution in [2.75, 3.05) is 7.11 Å². The summed E-state index contributed by atoms with van der Waals surface area (Å²) < 4.78 is 4.63. The lowest BCUT2D eigenvalue weighted by molar-refractivity contribution is -0.142. The number of hydrogen-bond acceptors (Lipinski definition) is 3. The highest BCUT2D eigenvalue weighted by Crippen LogP contribution is 2.52. The highest BCUT2D eigenvalue weighted by atomic mass is 32.1. The lowest BCUT2D eigenvalue weighted by atomic mass is 9.97. The van der Waals surface area contributed by atoms with Crippen molar-refractivity contribution in [2.24, 2.45) is 5.41 Å². The fourth-order valence-electron chi connectivity index (χ4n) is 1.50. The van der Waals surface area contributed by atoms with Crippen LogP contribution in [-0.4, -0.2) is 17.9 Å². The molecule has 0 radical (unpaired) electrons. The van der Waals surface area contributed by atoms with Gasteiger partial charge in [0.2, 0.25) is 0 Å². The van der Waals surface area contributed by atoms with Crippen molar-refractivity contribution in [1.29, 1.82) is 0 Å². The lowest BCUT2D eigenvalue weighted by Crippen LogP contribution is -2.12. The number of methoxy groups -OCH3 is 1. The molecule has 1 saturated carbocycles. The van der Waals surface area contributed by atoms with Gasteiger partial charge in [-0.25, -0.2) is 0 Å². The Morgan fingerprint density at radius 1 is 1.50 bits per heavy atom. The summed E-state index contributed by atoms with van der Waals surface area (Å²) >= 11 is 5.02. The van der Waals surface area contributed by atoms with Crippen LogP contribution in [0.3, 0.4) is 0 Å². The number of ether oxygens (including phenoxy) is 1. The quantitative estimate of drug-likeness (QED) is 0.497. The van der Waals surface area contributed by atoms with Gasteiger partial charge in [-0.15, -0.1) is 0 Å². The molecule has 3 heteroatoms. The molecule has 0 heterocycles. The normalized spacial score (nSPS) is 18.5. The van der Waals surface area contributed by atoms with Crippen molar-refractivity contribution >= 4 is 23.1 Å². The Balaban J connectivity index is 2.39. The topological polar surface area (TPSA) is 26.3 Å². The van der Waals surface area contributed by atoms with Gasteiger partial charge in [0.1, 0.15) is 0 Å². The van der Waals surface area contributed by atoms with E-state index in [0.717, 1.165) is 24.1 Å². The van der Waals surface area contributed by atoms with Crippen LogP contribution in [-0.2, 0) is 9.53 Å². The molecular weight excluding hydrogens is 172 g/mol. The number of hydrogen-bond donors (Lipinski definition) is 0. The first-order valence-corrected chi connectivity index (χ1v) is 4.55. The Hall–Kier alpha value is -0.440. The minimum absolute atomic E-state index is 0.108. The van der Waals surface area contributed by atoms with Gasteiger partial charge in [0.15, 0.2) is 0 Å². The smallest absolute Gasteiger partial charge is 0.306 e. The highest BCUT2D eigenvalue weighted by molar-refractivity contribution is 7.80. The standard InChI is InChI=1S/C9H14O2S/c1-7(12)5-9(3-4-9)6-8(10)11-2/h3-6H2,1-2H3. The second kappa shape index (κ2) is 3.52. The number of rotatable bonds is 4. The van der Waals surface area contributed by atoms with Crippen LogP contribution in [0.25, 0.3) is 0 Å². The fraction of sp³-hybridized carbons (Fsp3) is 0.778. The number of carbonyl (C=O) groups excluding carboxylic acids is 1. The van der Waals surface area contributed by atoms with Gasteiger partial charge in [-0.2, -0.15) is 0 Å². The van der Waals surface area contributed by atoms with Crippen molar-refractivity contribution in [3.05, 3.63) is 0 Å². The summed E-state index contributed by atoms with van der Waals surface area (Å²) in [6.07, 6.45) is 3.68. The van der Waals surface area contributed by atoms with Crippen LogP contribution >= 0.6 is 12.2 Å². The zero-order valence-corrected chi connectivity index (χ0v) is 8.37. The summed E-state index contributed by atoms with van der Waals surface area (Å²) in [6, 6.07) is 0. The molecule has 1 rings (SSSR count). The zero-order chi connectivity index (χ0) is 9.19. The third-order valence-corrected chi connectivity index (χ3v) is 2.47. The lowest BCUT2D eigenvalue weighted by Gasteiger charge is -2.11. The van der Waals surface area contributed by atoms with E-state index in [4.69, 9.17) is 12.2 Å². The summed E-state index contributed by atoms with van der Waals surface area (Å²) in [5, 5.41) is 0. The zero-order valence-electron chi connectivity index (χ0n) is 7.55. The molecule has 1 fully saturated rings. The average molecular weight is 186 g/mol. The summed E-state index contributed by atoms with van der Waals surface area (Å²) in [7, 11) is 1.43. The van der Waals surface area contributed by atoms with Crippen LogP contribution < -0.4 is 0 Å². The predicted octanol–water partition coefficient (Wildman–Crippen LogP) is 2.11. The monoisotopic (exact) mass is 186 g/mol. The van der Waals surface area contributed by atoms with Crippen LogP contribution in [0, 0.1) is 5.41 Å². The molecule has 0 atom stereocenters. The van der Waals surface area contributed by atoms with E-state index in [1.165, 1.54) is 7.11 Å². The van der Waals surface area contributed by atoms with E-state index in [0.29, 0.717) is 6.42 Å². The second-order valence-corrected chi connectivity index (χ2v) is 4.33. The maximum Gasteiger partial charge on any atom is 0.306 e. The fourth-order valence-corrected chi connectivity index (χ4v) is 1.81.